The third-order valence-electron chi connectivity index (χ3n) is 1.76. The monoisotopic (exact) mass is 250 g/mol. The summed E-state index contributed by atoms with van der Waals surface area (Å²) in [5.41, 5.74) is 0.772. The predicted octanol–water partition coefficient (Wildman–Crippen LogP) is 0.900. The molecule has 0 fully saturated rings. The Bertz CT molecular complexity index is 538. The molecule has 0 aliphatic rings. The van der Waals surface area contributed by atoms with E-state index in [9.17, 15) is 4.79 Å². The van der Waals surface area contributed by atoms with Crippen LogP contribution < -0.4 is 5.32 Å². The largest absolute Gasteiger partial charge is 0.288 e. The SMILES string of the molecule is O=C(C=Cc1ccnc(Cl)c1)Nc1nn[nH]n1. The lowest BCUT2D eigenvalue weighted by molar-refractivity contribution is -0.111. The van der Waals surface area contributed by atoms with Crippen molar-refractivity contribution in [2.45, 2.75) is 0 Å². The number of nitrogens with zero attached hydrogens (tertiary/aromatic N) is 4. The number of anilines is 1. The number of halogens is 1. The highest BCUT2D eigenvalue weighted by Crippen LogP contribution is 2.08. The van der Waals surface area contributed by atoms with Crippen LogP contribution in [0.1, 0.15) is 5.56 Å². The number of nitrogens with one attached hydrogen (secondary N) is 2. The van der Waals surface area contributed by atoms with Gasteiger partial charge in [0.25, 0.3) is 11.9 Å². The highest BCUT2D eigenvalue weighted by molar-refractivity contribution is 6.29. The molecule has 0 atom stereocenters. The van der Waals surface area contributed by atoms with Crippen molar-refractivity contribution in [3.63, 3.8) is 0 Å². The van der Waals surface area contributed by atoms with Crippen LogP contribution in [0.4, 0.5) is 5.95 Å². The first-order chi connectivity index (χ1) is 8.24. The molecular weight excluding hydrogens is 244 g/mol. The van der Waals surface area contributed by atoms with Gasteiger partial charge < -0.3 is 0 Å². The van der Waals surface area contributed by atoms with Crippen molar-refractivity contribution in [1.82, 2.24) is 25.6 Å². The summed E-state index contributed by atoms with van der Waals surface area (Å²) in [4.78, 5) is 15.2. The number of rotatable bonds is 3. The van der Waals surface area contributed by atoms with Crippen molar-refractivity contribution >= 4 is 29.5 Å². The van der Waals surface area contributed by atoms with Crippen molar-refractivity contribution in [1.29, 1.82) is 0 Å². The Kier molecular flexibility index (Phi) is 3.41. The molecule has 8 heteroatoms. The minimum absolute atomic E-state index is 0.118. The van der Waals surface area contributed by atoms with Gasteiger partial charge in [-0.25, -0.2) is 4.98 Å². The summed E-state index contributed by atoms with van der Waals surface area (Å²) in [6.45, 7) is 0. The van der Waals surface area contributed by atoms with E-state index in [2.05, 4.69) is 30.9 Å². The Labute approximate surface area is 101 Å². The van der Waals surface area contributed by atoms with E-state index in [0.29, 0.717) is 5.15 Å². The smallest absolute Gasteiger partial charge is 0.270 e. The minimum Gasteiger partial charge on any atom is -0.288 e. The molecule has 1 amide bonds. The van der Waals surface area contributed by atoms with E-state index >= 15 is 0 Å². The second-order valence-electron chi connectivity index (χ2n) is 2.97. The maximum Gasteiger partial charge on any atom is 0.270 e. The molecule has 0 spiro atoms. The second-order valence-corrected chi connectivity index (χ2v) is 3.36. The quantitative estimate of drug-likeness (QED) is 0.623. The molecule has 0 aliphatic heterocycles. The fraction of sp³-hybridized carbons (Fsp3) is 0. The van der Waals surface area contributed by atoms with Gasteiger partial charge in [0, 0.05) is 12.3 Å². The Morgan fingerprint density at radius 2 is 2.41 bits per heavy atom. The van der Waals surface area contributed by atoms with Gasteiger partial charge in [-0.15, -0.1) is 5.10 Å². The lowest BCUT2D eigenvalue weighted by Crippen LogP contribution is -2.09. The molecule has 2 N–H and O–H groups in total. The summed E-state index contributed by atoms with van der Waals surface area (Å²) < 4.78 is 0. The number of amides is 1. The lowest BCUT2D eigenvalue weighted by atomic mass is 10.2. The fourth-order valence-corrected chi connectivity index (χ4v) is 1.24. The van der Waals surface area contributed by atoms with Crippen molar-refractivity contribution in [3.8, 4) is 0 Å². The van der Waals surface area contributed by atoms with Crippen LogP contribution in [0.3, 0.4) is 0 Å². The zero-order valence-corrected chi connectivity index (χ0v) is 9.22. The van der Waals surface area contributed by atoms with Crippen LogP contribution in [0.15, 0.2) is 24.4 Å². The van der Waals surface area contributed by atoms with E-state index < -0.39 is 0 Å². The number of H-pyrrole nitrogens is 1. The first-order valence-electron chi connectivity index (χ1n) is 4.58. The number of aromatic amines is 1. The molecule has 2 aromatic rings. The van der Waals surface area contributed by atoms with Crippen LogP contribution >= 0.6 is 11.6 Å². The van der Waals surface area contributed by atoms with E-state index in [1.165, 1.54) is 6.08 Å². The molecule has 7 nitrogen and oxygen atoms in total. The maximum atomic E-state index is 11.4. The molecule has 0 saturated carbocycles. The maximum absolute atomic E-state index is 11.4. The molecule has 2 rings (SSSR count). The first-order valence-corrected chi connectivity index (χ1v) is 4.96. The van der Waals surface area contributed by atoms with Crippen molar-refractivity contribution in [2.24, 2.45) is 0 Å². The predicted molar refractivity (Wildman–Crippen MR) is 61.1 cm³/mol. The third kappa shape index (κ3) is 3.35. The third-order valence-corrected chi connectivity index (χ3v) is 1.96. The van der Waals surface area contributed by atoms with E-state index in [4.69, 9.17) is 11.6 Å². The van der Waals surface area contributed by atoms with Gasteiger partial charge in [-0.05, 0) is 29.0 Å². The number of pyridine rings is 1. The lowest BCUT2D eigenvalue weighted by Gasteiger charge is -1.94. The molecule has 2 aromatic heterocycles. The van der Waals surface area contributed by atoms with Gasteiger partial charge in [-0.2, -0.15) is 5.21 Å². The average Bonchev–Trinajstić information content (AvgIpc) is 2.79. The zero-order valence-electron chi connectivity index (χ0n) is 8.46. The number of carbonyl (C=O) groups is 1. The van der Waals surface area contributed by atoms with E-state index in [-0.39, 0.29) is 11.9 Å². The van der Waals surface area contributed by atoms with Crippen LogP contribution in [0.25, 0.3) is 6.08 Å². The topological polar surface area (TPSA) is 96.5 Å². The number of tetrazole rings is 1. The average molecular weight is 251 g/mol. The summed E-state index contributed by atoms with van der Waals surface area (Å²) in [6, 6.07) is 3.36. The van der Waals surface area contributed by atoms with Gasteiger partial charge in [-0.3, -0.25) is 10.1 Å². The Balaban J connectivity index is 1.99. The second kappa shape index (κ2) is 5.17. The van der Waals surface area contributed by atoms with Gasteiger partial charge in [0.1, 0.15) is 5.15 Å². The molecule has 0 aliphatic carbocycles. The number of hydrogen-bond donors (Lipinski definition) is 2. The summed E-state index contributed by atoms with van der Waals surface area (Å²) in [5.74, 6) is -0.244. The Morgan fingerprint density at radius 3 is 3.12 bits per heavy atom. The highest BCUT2D eigenvalue weighted by Gasteiger charge is 2.00. The summed E-state index contributed by atoms with van der Waals surface area (Å²) in [7, 11) is 0. The van der Waals surface area contributed by atoms with Crippen LogP contribution in [0.2, 0.25) is 5.15 Å². The number of carbonyl (C=O) groups excluding carboxylic acids is 1. The Hall–Kier alpha value is -2.28. The van der Waals surface area contributed by atoms with Crippen LogP contribution in [-0.2, 0) is 4.79 Å². The molecule has 86 valence electrons. The molecule has 0 unspecified atom stereocenters. The van der Waals surface area contributed by atoms with E-state index in [1.807, 2.05) is 0 Å². The van der Waals surface area contributed by atoms with Gasteiger partial charge in [0.05, 0.1) is 0 Å². The van der Waals surface area contributed by atoms with Gasteiger partial charge in [0.15, 0.2) is 0 Å². The molecule has 0 saturated heterocycles. The molecule has 0 bridgehead atoms. The van der Waals surface area contributed by atoms with Gasteiger partial charge >= 0.3 is 0 Å². The van der Waals surface area contributed by atoms with Crippen LogP contribution in [-0.4, -0.2) is 31.5 Å². The molecule has 0 radical (unpaired) electrons. The molecule has 17 heavy (non-hydrogen) atoms. The van der Waals surface area contributed by atoms with Crippen molar-refractivity contribution < 1.29 is 4.79 Å². The standard InChI is InChI=1S/C9H7ClN6O/c10-7-5-6(3-4-11-7)1-2-8(17)12-9-13-15-16-14-9/h1-5H,(H2,12,13,14,15,16,17). The summed E-state index contributed by atoms with van der Waals surface area (Å²) in [5, 5.41) is 15.5. The first kappa shape index (κ1) is 11.2. The zero-order chi connectivity index (χ0) is 12.1. The molecule has 2 heterocycles. The van der Waals surface area contributed by atoms with Crippen molar-refractivity contribution in [2.75, 3.05) is 5.32 Å². The van der Waals surface area contributed by atoms with E-state index in [1.54, 1.807) is 24.4 Å². The van der Waals surface area contributed by atoms with Gasteiger partial charge in [-0.1, -0.05) is 16.7 Å². The summed E-state index contributed by atoms with van der Waals surface area (Å²) >= 11 is 5.70. The molecular formula is C9H7ClN6O. The minimum atomic E-state index is -0.362. The van der Waals surface area contributed by atoms with Gasteiger partial charge in [0.2, 0.25) is 0 Å². The number of hydrogen-bond acceptors (Lipinski definition) is 5. The normalized spacial score (nSPS) is 10.6. The number of aromatic nitrogens is 5. The van der Waals surface area contributed by atoms with E-state index in [0.717, 1.165) is 5.56 Å². The highest BCUT2D eigenvalue weighted by atomic mass is 35.5. The fourth-order valence-electron chi connectivity index (χ4n) is 1.06. The molecule has 0 aromatic carbocycles. The van der Waals surface area contributed by atoms with Crippen molar-refractivity contribution in [3.05, 3.63) is 35.1 Å². The van der Waals surface area contributed by atoms with Crippen LogP contribution in [0.5, 0.6) is 0 Å². The van der Waals surface area contributed by atoms with Crippen LogP contribution in [0, 0.1) is 0 Å². The Morgan fingerprint density at radius 1 is 1.53 bits per heavy atom. The summed E-state index contributed by atoms with van der Waals surface area (Å²) in [6.07, 6.45) is 4.49.